The van der Waals surface area contributed by atoms with Crippen LogP contribution in [0, 0.1) is 0 Å². The number of benzene rings is 9. The molecular weight excluding hydrogens is 629 g/mol. The zero-order valence-electron chi connectivity index (χ0n) is 28.7. The topological polar surface area (TPSA) is 8.17 Å². The maximum atomic E-state index is 2.37. The van der Waals surface area contributed by atoms with Crippen molar-refractivity contribution in [3.8, 4) is 16.8 Å². The highest BCUT2D eigenvalue weighted by Crippen LogP contribution is 2.41. The number of aromatic nitrogens is 1. The molecule has 10 aromatic rings. The van der Waals surface area contributed by atoms with Crippen molar-refractivity contribution >= 4 is 60.4 Å². The Morgan fingerprint density at radius 1 is 0.308 bits per heavy atom. The van der Waals surface area contributed by atoms with Crippen molar-refractivity contribution in [3.05, 3.63) is 218 Å². The molecule has 0 atom stereocenters. The van der Waals surface area contributed by atoms with E-state index in [1.165, 1.54) is 54.5 Å². The lowest BCUT2D eigenvalue weighted by Gasteiger charge is -2.26. The highest BCUT2D eigenvalue weighted by atomic mass is 15.1. The van der Waals surface area contributed by atoms with Crippen LogP contribution in [0.3, 0.4) is 0 Å². The fraction of sp³-hybridized carbons (Fsp3) is 0. The Bertz CT molecular complexity index is 2690. The van der Waals surface area contributed by atoms with Crippen molar-refractivity contribution in [3.63, 3.8) is 0 Å². The quantitative estimate of drug-likeness (QED) is 0.166. The maximum absolute atomic E-state index is 2.37. The van der Waals surface area contributed by atoms with Crippen molar-refractivity contribution in [2.45, 2.75) is 0 Å². The van der Waals surface area contributed by atoms with Crippen molar-refractivity contribution in [1.82, 2.24) is 4.57 Å². The van der Waals surface area contributed by atoms with Gasteiger partial charge in [0, 0.05) is 33.5 Å². The van der Waals surface area contributed by atoms with Gasteiger partial charge in [-0.15, -0.1) is 0 Å². The Morgan fingerprint density at radius 2 is 0.769 bits per heavy atom. The van der Waals surface area contributed by atoms with E-state index in [0.29, 0.717) is 0 Å². The molecule has 1 aromatic heterocycles. The maximum Gasteiger partial charge on any atom is 0.0542 e. The molecule has 0 saturated carbocycles. The van der Waals surface area contributed by atoms with Crippen LogP contribution in [0.25, 0.3) is 60.2 Å². The number of para-hydroxylation sites is 3. The third kappa shape index (κ3) is 5.77. The minimum Gasteiger partial charge on any atom is -0.310 e. The Kier molecular flexibility index (Phi) is 8.24. The number of nitrogens with zero attached hydrogens (tertiary/aromatic N) is 2. The van der Waals surface area contributed by atoms with Gasteiger partial charge in [-0.25, -0.2) is 0 Å². The normalized spacial score (nSPS) is 11.1. The lowest BCUT2D eigenvalue weighted by atomic mass is 9.92. The van der Waals surface area contributed by atoms with Gasteiger partial charge in [-0.05, 0) is 99.4 Å². The lowest BCUT2D eigenvalue weighted by molar-refractivity contribution is 1.18. The summed E-state index contributed by atoms with van der Waals surface area (Å²) in [7, 11) is 0. The number of hydrogen-bond acceptors (Lipinski definition) is 1. The standard InChI is InChI=1S/C44H30N2.C6H6/c1-3-15-34(16-4-1)45(37-27-28-43-41(30-37)40-21-11-12-22-42(40)46(43)35-17-5-2-6-18-35)36-25-23-31(24-26-36)44-38-19-9-7-13-32(38)29-33-14-8-10-20-39(33)44;1-2-4-6-5-3-1/h1-30H;1-6H. The predicted molar refractivity (Wildman–Crippen MR) is 222 cm³/mol. The second-order valence-electron chi connectivity index (χ2n) is 13.0. The molecule has 0 radical (unpaired) electrons. The predicted octanol–water partition coefficient (Wildman–Crippen LogP) is 13.9. The third-order valence-electron chi connectivity index (χ3n) is 9.80. The summed E-state index contributed by atoms with van der Waals surface area (Å²) in [5.74, 6) is 0. The first-order chi connectivity index (χ1) is 25.8. The van der Waals surface area contributed by atoms with E-state index in [4.69, 9.17) is 0 Å². The van der Waals surface area contributed by atoms with Gasteiger partial charge in [-0.3, -0.25) is 0 Å². The zero-order chi connectivity index (χ0) is 34.7. The van der Waals surface area contributed by atoms with Crippen LogP contribution in [0.5, 0.6) is 0 Å². The van der Waals surface area contributed by atoms with Crippen LogP contribution < -0.4 is 4.90 Å². The fourth-order valence-electron chi connectivity index (χ4n) is 7.47. The summed E-state index contributed by atoms with van der Waals surface area (Å²) in [5, 5.41) is 7.54. The largest absolute Gasteiger partial charge is 0.310 e. The molecule has 1 heterocycles. The van der Waals surface area contributed by atoms with E-state index in [-0.39, 0.29) is 0 Å². The molecule has 0 saturated heterocycles. The summed E-state index contributed by atoms with van der Waals surface area (Å²) in [6.07, 6.45) is 0. The van der Waals surface area contributed by atoms with Gasteiger partial charge in [0.15, 0.2) is 0 Å². The van der Waals surface area contributed by atoms with Crippen molar-refractivity contribution in [2.75, 3.05) is 4.90 Å². The molecule has 9 aromatic carbocycles. The molecule has 0 bridgehead atoms. The van der Waals surface area contributed by atoms with Crippen LogP contribution in [0.15, 0.2) is 218 Å². The number of rotatable bonds is 5. The molecule has 0 aliphatic rings. The molecule has 2 nitrogen and oxygen atoms in total. The molecule has 0 spiro atoms. The molecule has 0 unspecified atom stereocenters. The summed E-state index contributed by atoms with van der Waals surface area (Å²) in [6, 6.07) is 77.6. The monoisotopic (exact) mass is 664 g/mol. The van der Waals surface area contributed by atoms with Gasteiger partial charge in [0.25, 0.3) is 0 Å². The number of fused-ring (bicyclic) bond motifs is 5. The highest BCUT2D eigenvalue weighted by molar-refractivity contribution is 6.13. The van der Waals surface area contributed by atoms with E-state index in [1.807, 2.05) is 36.4 Å². The minimum absolute atomic E-state index is 1.12. The van der Waals surface area contributed by atoms with E-state index < -0.39 is 0 Å². The molecule has 0 N–H and O–H groups in total. The third-order valence-corrected chi connectivity index (χ3v) is 9.80. The van der Waals surface area contributed by atoms with Crippen LogP contribution in [0.4, 0.5) is 17.1 Å². The van der Waals surface area contributed by atoms with Crippen LogP contribution in [0.1, 0.15) is 0 Å². The molecule has 2 heteroatoms. The highest BCUT2D eigenvalue weighted by Gasteiger charge is 2.18. The SMILES string of the molecule is c1ccc(N(c2ccc(-c3c4ccccc4cc4ccccc34)cc2)c2ccc3c(c2)c2ccccc2n3-c2ccccc2)cc1.c1ccccc1. The molecule has 0 aliphatic heterocycles. The molecule has 246 valence electrons. The van der Waals surface area contributed by atoms with Gasteiger partial charge in [0.05, 0.1) is 11.0 Å². The van der Waals surface area contributed by atoms with Crippen LogP contribution in [-0.2, 0) is 0 Å². The van der Waals surface area contributed by atoms with Crippen molar-refractivity contribution in [1.29, 1.82) is 0 Å². The Hall–Kier alpha value is -6.90. The first kappa shape index (κ1) is 31.1. The Balaban J connectivity index is 0.000000548. The summed E-state index contributed by atoms with van der Waals surface area (Å²) in [5.41, 5.74) is 9.42. The lowest BCUT2D eigenvalue weighted by Crippen LogP contribution is -2.09. The van der Waals surface area contributed by atoms with Crippen LogP contribution >= 0.6 is 0 Å². The summed E-state index contributed by atoms with van der Waals surface area (Å²) < 4.78 is 2.37. The fourth-order valence-corrected chi connectivity index (χ4v) is 7.47. The minimum atomic E-state index is 1.12. The molecular formula is C50H36N2. The molecule has 52 heavy (non-hydrogen) atoms. The van der Waals surface area contributed by atoms with E-state index in [0.717, 1.165) is 22.7 Å². The van der Waals surface area contributed by atoms with Gasteiger partial charge < -0.3 is 9.47 Å². The van der Waals surface area contributed by atoms with Gasteiger partial charge in [-0.2, -0.15) is 0 Å². The summed E-state index contributed by atoms with van der Waals surface area (Å²) in [6.45, 7) is 0. The van der Waals surface area contributed by atoms with E-state index >= 15 is 0 Å². The van der Waals surface area contributed by atoms with E-state index in [1.54, 1.807) is 0 Å². The van der Waals surface area contributed by atoms with Crippen molar-refractivity contribution in [2.24, 2.45) is 0 Å². The van der Waals surface area contributed by atoms with Crippen molar-refractivity contribution < 1.29 is 0 Å². The molecule has 10 rings (SSSR count). The first-order valence-electron chi connectivity index (χ1n) is 17.8. The molecule has 0 amide bonds. The zero-order valence-corrected chi connectivity index (χ0v) is 28.7. The Labute approximate surface area is 304 Å². The van der Waals surface area contributed by atoms with Gasteiger partial charge in [0.1, 0.15) is 0 Å². The van der Waals surface area contributed by atoms with E-state index in [2.05, 4.69) is 191 Å². The Morgan fingerprint density at radius 3 is 1.40 bits per heavy atom. The first-order valence-corrected chi connectivity index (χ1v) is 17.8. The van der Waals surface area contributed by atoms with Gasteiger partial charge in [-0.1, -0.05) is 152 Å². The second-order valence-corrected chi connectivity index (χ2v) is 13.0. The summed E-state index contributed by atoms with van der Waals surface area (Å²) in [4.78, 5) is 2.36. The van der Waals surface area contributed by atoms with Crippen LogP contribution in [0.2, 0.25) is 0 Å². The summed E-state index contributed by atoms with van der Waals surface area (Å²) >= 11 is 0. The molecule has 0 aliphatic carbocycles. The van der Waals surface area contributed by atoms with Crippen LogP contribution in [-0.4, -0.2) is 4.57 Å². The second kappa shape index (κ2) is 13.8. The number of hydrogen-bond donors (Lipinski definition) is 0. The van der Waals surface area contributed by atoms with E-state index in [9.17, 15) is 0 Å². The van der Waals surface area contributed by atoms with Gasteiger partial charge >= 0.3 is 0 Å². The average Bonchev–Trinajstić information content (AvgIpc) is 3.56. The smallest absolute Gasteiger partial charge is 0.0542 e. The number of anilines is 3. The average molecular weight is 665 g/mol. The molecule has 0 fully saturated rings. The van der Waals surface area contributed by atoms with Gasteiger partial charge in [0.2, 0.25) is 0 Å².